The number of quaternary nitrogens is 1. The molecule has 0 radical (unpaired) electrons. The number of benzene rings is 2. The number of nitro benzene ring substituents is 1. The number of anilines is 1. The van der Waals surface area contributed by atoms with Crippen LogP contribution in [0.5, 0.6) is 0 Å². The van der Waals surface area contributed by atoms with E-state index in [0.717, 1.165) is 30.7 Å². The van der Waals surface area contributed by atoms with Crippen molar-refractivity contribution < 1.29 is 14.6 Å². The Morgan fingerprint density at radius 2 is 1.72 bits per heavy atom. The highest BCUT2D eigenvalue weighted by Gasteiger charge is 2.25. The lowest BCUT2D eigenvalue weighted by Gasteiger charge is -2.31. The molecule has 0 bridgehead atoms. The molecule has 1 heterocycles. The first-order valence-corrected chi connectivity index (χ1v) is 8.90. The van der Waals surface area contributed by atoms with Gasteiger partial charge in [-0.2, -0.15) is 0 Å². The van der Waals surface area contributed by atoms with Crippen molar-refractivity contribution in [2.45, 2.75) is 0 Å². The zero-order chi connectivity index (χ0) is 18.0. The molecule has 2 aromatic rings. The number of rotatable bonds is 4. The Morgan fingerprint density at radius 3 is 2.32 bits per heavy atom. The molecule has 1 aliphatic heterocycles. The normalized spacial score (nSPS) is 15.2. The molecule has 7 heteroatoms. The second kappa shape index (κ2) is 7.33. The lowest BCUT2D eigenvalue weighted by molar-refractivity contribution is -0.880. The molecule has 0 aromatic heterocycles. The third-order valence-corrected chi connectivity index (χ3v) is 5.03. The lowest BCUT2D eigenvalue weighted by Crippen LogP contribution is -3.12. The Bertz CT molecular complexity index is 800. The number of nitrogens with zero attached hydrogens (tertiary/aromatic N) is 2. The zero-order valence-corrected chi connectivity index (χ0v) is 15.5. The van der Waals surface area contributed by atoms with Gasteiger partial charge in [0.05, 0.1) is 38.2 Å². The topological polar surface area (TPSA) is 67.9 Å². The molecule has 1 N–H and O–H groups in total. The summed E-state index contributed by atoms with van der Waals surface area (Å²) in [5.74, 6) is -0.218. The van der Waals surface area contributed by atoms with Gasteiger partial charge in [0.15, 0.2) is 5.78 Å². The average molecular weight is 405 g/mol. The van der Waals surface area contributed by atoms with Gasteiger partial charge in [0.25, 0.3) is 5.69 Å². The third kappa shape index (κ3) is 3.88. The summed E-state index contributed by atoms with van der Waals surface area (Å²) >= 11 is 3.33. The first-order valence-electron chi connectivity index (χ1n) is 8.10. The Balaban J connectivity index is 1.92. The Morgan fingerprint density at radius 1 is 1.12 bits per heavy atom. The number of nitro groups is 1. The van der Waals surface area contributed by atoms with E-state index in [1.807, 2.05) is 4.90 Å². The molecule has 1 aliphatic rings. The quantitative estimate of drug-likeness (QED) is 0.480. The summed E-state index contributed by atoms with van der Waals surface area (Å²) in [6, 6.07) is 11.7. The van der Waals surface area contributed by atoms with Gasteiger partial charge >= 0.3 is 0 Å². The van der Waals surface area contributed by atoms with Crippen molar-refractivity contribution in [3.8, 4) is 0 Å². The van der Waals surface area contributed by atoms with Crippen LogP contribution in [-0.2, 0) is 0 Å². The average Bonchev–Trinajstić information content (AvgIpc) is 2.62. The first-order chi connectivity index (χ1) is 12.0. The third-order valence-electron chi connectivity index (χ3n) is 4.50. The van der Waals surface area contributed by atoms with Gasteiger partial charge in [0.2, 0.25) is 0 Å². The maximum Gasteiger partial charge on any atom is 0.293 e. The van der Waals surface area contributed by atoms with E-state index in [0.29, 0.717) is 16.8 Å². The van der Waals surface area contributed by atoms with Crippen molar-refractivity contribution in [2.24, 2.45) is 0 Å². The minimum Gasteiger partial charge on any atom is -0.355 e. The van der Waals surface area contributed by atoms with Gasteiger partial charge in [-0.3, -0.25) is 14.9 Å². The maximum atomic E-state index is 12.6. The minimum atomic E-state index is -0.404. The number of likely N-dealkylation sites (N-methyl/N-ethyl adjacent to an activating group) is 1. The summed E-state index contributed by atoms with van der Waals surface area (Å²) < 4.78 is 0.877. The monoisotopic (exact) mass is 404 g/mol. The number of halogens is 1. The molecule has 0 atom stereocenters. The van der Waals surface area contributed by atoms with Crippen LogP contribution >= 0.6 is 15.9 Å². The number of ketones is 1. The highest BCUT2D eigenvalue weighted by atomic mass is 79.9. The van der Waals surface area contributed by atoms with Gasteiger partial charge in [-0.05, 0) is 36.4 Å². The molecule has 1 saturated heterocycles. The fraction of sp³-hybridized carbons (Fsp3) is 0.278. The van der Waals surface area contributed by atoms with Gasteiger partial charge in [-0.1, -0.05) is 15.9 Å². The SMILES string of the molecule is C[NH+]1CCN(c2ccc(C(=O)c3ccc(Br)cc3)cc2[N+](=O)[O-])CC1. The van der Waals surface area contributed by atoms with Crippen LogP contribution < -0.4 is 9.80 Å². The summed E-state index contributed by atoms with van der Waals surface area (Å²) in [5.41, 5.74) is 1.42. The maximum absolute atomic E-state index is 12.6. The van der Waals surface area contributed by atoms with Crippen molar-refractivity contribution in [3.63, 3.8) is 0 Å². The van der Waals surface area contributed by atoms with Crippen LogP contribution in [0.15, 0.2) is 46.9 Å². The van der Waals surface area contributed by atoms with Crippen LogP contribution in [0.3, 0.4) is 0 Å². The van der Waals surface area contributed by atoms with E-state index in [2.05, 4.69) is 23.0 Å². The van der Waals surface area contributed by atoms with E-state index < -0.39 is 4.92 Å². The predicted molar refractivity (Wildman–Crippen MR) is 99.5 cm³/mol. The Hall–Kier alpha value is -2.25. The fourth-order valence-corrected chi connectivity index (χ4v) is 3.24. The molecule has 6 nitrogen and oxygen atoms in total. The van der Waals surface area contributed by atoms with E-state index >= 15 is 0 Å². The molecular formula is C18H19BrN3O3+. The van der Waals surface area contributed by atoms with Crippen molar-refractivity contribution in [2.75, 3.05) is 38.1 Å². The molecule has 0 aliphatic carbocycles. The smallest absolute Gasteiger partial charge is 0.293 e. The molecule has 25 heavy (non-hydrogen) atoms. The number of hydrogen-bond acceptors (Lipinski definition) is 4. The highest BCUT2D eigenvalue weighted by molar-refractivity contribution is 9.10. The Kier molecular flexibility index (Phi) is 5.15. The summed E-state index contributed by atoms with van der Waals surface area (Å²) in [5, 5.41) is 11.5. The predicted octanol–water partition coefficient (Wildman–Crippen LogP) is 1.92. The number of hydrogen-bond donors (Lipinski definition) is 1. The number of carbonyl (C=O) groups excluding carboxylic acids is 1. The van der Waals surface area contributed by atoms with Crippen molar-refractivity contribution in [3.05, 3.63) is 68.2 Å². The van der Waals surface area contributed by atoms with Crippen LogP contribution in [0, 0.1) is 10.1 Å². The van der Waals surface area contributed by atoms with Gasteiger partial charge in [0, 0.05) is 21.7 Å². The first kappa shape index (κ1) is 17.6. The molecule has 130 valence electrons. The molecule has 0 spiro atoms. The van der Waals surface area contributed by atoms with Crippen LogP contribution in [0.1, 0.15) is 15.9 Å². The van der Waals surface area contributed by atoms with Crippen molar-refractivity contribution in [1.82, 2.24) is 0 Å². The zero-order valence-electron chi connectivity index (χ0n) is 13.9. The standard InChI is InChI=1S/C18H18BrN3O3/c1-20-8-10-21(11-9-20)16-7-4-14(12-17(16)22(24)25)18(23)13-2-5-15(19)6-3-13/h2-7,12H,8-11H2,1H3/p+1. The fourth-order valence-electron chi connectivity index (χ4n) is 2.98. The molecule has 2 aromatic carbocycles. The summed E-state index contributed by atoms with van der Waals surface area (Å²) in [6.45, 7) is 3.42. The second-order valence-electron chi connectivity index (χ2n) is 6.24. The van der Waals surface area contributed by atoms with Crippen LogP contribution in [-0.4, -0.2) is 43.9 Å². The van der Waals surface area contributed by atoms with Gasteiger partial charge in [-0.25, -0.2) is 0 Å². The molecule has 0 saturated carbocycles. The largest absolute Gasteiger partial charge is 0.355 e. The minimum absolute atomic E-state index is 0.0116. The number of carbonyl (C=O) groups is 1. The molecule has 0 unspecified atom stereocenters. The van der Waals surface area contributed by atoms with Crippen molar-refractivity contribution in [1.29, 1.82) is 0 Å². The molecule has 3 rings (SSSR count). The van der Waals surface area contributed by atoms with E-state index in [4.69, 9.17) is 0 Å². The summed E-state index contributed by atoms with van der Waals surface area (Å²) in [4.78, 5) is 27.2. The van der Waals surface area contributed by atoms with E-state index in [9.17, 15) is 14.9 Å². The van der Waals surface area contributed by atoms with Crippen LogP contribution in [0.25, 0.3) is 0 Å². The molecule has 0 amide bonds. The van der Waals surface area contributed by atoms with Gasteiger partial charge in [0.1, 0.15) is 5.69 Å². The molecule has 1 fully saturated rings. The number of nitrogens with one attached hydrogen (secondary N) is 1. The summed E-state index contributed by atoms with van der Waals surface area (Å²) in [6.07, 6.45) is 0. The van der Waals surface area contributed by atoms with Gasteiger partial charge in [-0.15, -0.1) is 0 Å². The number of piperazine rings is 1. The van der Waals surface area contributed by atoms with E-state index in [-0.39, 0.29) is 11.5 Å². The lowest BCUT2D eigenvalue weighted by atomic mass is 10.0. The molecular weight excluding hydrogens is 386 g/mol. The van der Waals surface area contributed by atoms with E-state index in [1.54, 1.807) is 36.4 Å². The van der Waals surface area contributed by atoms with E-state index in [1.165, 1.54) is 11.0 Å². The van der Waals surface area contributed by atoms with Gasteiger partial charge < -0.3 is 9.80 Å². The Labute approximate surface area is 154 Å². The van der Waals surface area contributed by atoms with Crippen LogP contribution in [0.2, 0.25) is 0 Å². The highest BCUT2D eigenvalue weighted by Crippen LogP contribution is 2.30. The van der Waals surface area contributed by atoms with Crippen LogP contribution in [0.4, 0.5) is 11.4 Å². The van der Waals surface area contributed by atoms with Crippen molar-refractivity contribution >= 4 is 33.1 Å². The summed E-state index contributed by atoms with van der Waals surface area (Å²) in [7, 11) is 2.12. The second-order valence-corrected chi connectivity index (χ2v) is 7.16.